The molecule has 10 N–H and O–H groups in total. The SMILES string of the molecule is CC1(C)O[C@@H]2[C@@H](CO[C@@]3(COS(N)(=O)=O)OC(C)(C)O[C@@H]23)O1.CC[C@@H](C(N)=O)N1CCCC1=O.NC(=O)OCC(COC(N)=O)c1ccccc1.NS(=O)(=O)Cc1noc2ccccc12. The van der Waals surface area contributed by atoms with Gasteiger partial charge in [-0.2, -0.15) is 8.42 Å². The minimum Gasteiger partial charge on any atom is -0.449 e. The van der Waals surface area contributed by atoms with Crippen LogP contribution in [0.3, 0.4) is 0 Å². The number of carbonyl (C=O) groups is 4. The number of amides is 4. The van der Waals surface area contributed by atoms with Crippen molar-refractivity contribution in [2.75, 3.05) is 33.0 Å². The fourth-order valence-corrected chi connectivity index (χ4v) is 8.17. The lowest BCUT2D eigenvalue weighted by atomic mass is 9.98. The number of para-hydroxylation sites is 1. The van der Waals surface area contributed by atoms with E-state index in [1.54, 1.807) is 56.9 Å². The van der Waals surface area contributed by atoms with E-state index in [1.807, 2.05) is 37.3 Å². The van der Waals surface area contributed by atoms with Gasteiger partial charge in [0.15, 0.2) is 17.2 Å². The molecule has 65 heavy (non-hydrogen) atoms. The van der Waals surface area contributed by atoms with Crippen LogP contribution in [0.5, 0.6) is 0 Å². The molecule has 7 rings (SSSR count). The maximum absolute atomic E-state index is 11.2. The van der Waals surface area contributed by atoms with E-state index in [2.05, 4.69) is 5.16 Å². The van der Waals surface area contributed by atoms with Crippen molar-refractivity contribution in [3.05, 3.63) is 65.9 Å². The van der Waals surface area contributed by atoms with Crippen LogP contribution in [0.2, 0.25) is 0 Å². The second-order valence-corrected chi connectivity index (χ2v) is 18.7. The van der Waals surface area contributed by atoms with Gasteiger partial charge in [0.1, 0.15) is 55.6 Å². The maximum atomic E-state index is 11.2. The first-order valence-corrected chi connectivity index (χ1v) is 23.3. The minimum atomic E-state index is -4.14. The van der Waals surface area contributed by atoms with Gasteiger partial charge in [-0.15, -0.1) is 0 Å². The van der Waals surface area contributed by atoms with Crippen molar-refractivity contribution in [3.8, 4) is 0 Å². The molecule has 5 heterocycles. The summed E-state index contributed by atoms with van der Waals surface area (Å²) in [6.45, 7) is 9.32. The molecule has 0 aliphatic carbocycles. The van der Waals surface area contributed by atoms with Gasteiger partial charge in [-0.1, -0.05) is 54.5 Å². The third-order valence-electron chi connectivity index (χ3n) is 9.81. The Morgan fingerprint density at radius 3 is 2.03 bits per heavy atom. The Morgan fingerprint density at radius 2 is 1.49 bits per heavy atom. The van der Waals surface area contributed by atoms with Crippen LogP contribution < -0.4 is 27.5 Å². The number of aromatic nitrogens is 1. The Balaban J connectivity index is 0.000000195. The lowest BCUT2D eigenvalue weighted by molar-refractivity contribution is -0.290. The highest BCUT2D eigenvalue weighted by Gasteiger charge is 2.65. The van der Waals surface area contributed by atoms with Crippen LogP contribution in [0, 0.1) is 0 Å². The van der Waals surface area contributed by atoms with Crippen molar-refractivity contribution < 1.29 is 77.9 Å². The molecule has 0 radical (unpaired) electrons. The number of nitrogens with two attached hydrogens (primary N) is 5. The summed E-state index contributed by atoms with van der Waals surface area (Å²) in [7, 11) is -7.70. The average Bonchev–Trinajstić information content (AvgIpc) is 3.96. The van der Waals surface area contributed by atoms with E-state index < -0.39 is 74.6 Å². The molecule has 0 unspecified atom stereocenters. The van der Waals surface area contributed by atoms with Crippen LogP contribution >= 0.6 is 0 Å². The first kappa shape index (κ1) is 52.6. The lowest BCUT2D eigenvalue weighted by Crippen LogP contribution is -2.60. The molecule has 4 saturated heterocycles. The molecule has 4 amide bonds. The van der Waals surface area contributed by atoms with Crippen LogP contribution in [0.4, 0.5) is 9.59 Å². The molecule has 362 valence electrons. The predicted molar refractivity (Wildman–Crippen MR) is 227 cm³/mol. The van der Waals surface area contributed by atoms with Gasteiger partial charge < -0.3 is 59.8 Å². The minimum absolute atomic E-state index is 0.0344. The van der Waals surface area contributed by atoms with Gasteiger partial charge in [0.25, 0.3) is 0 Å². The highest BCUT2D eigenvalue weighted by atomic mass is 32.2. The van der Waals surface area contributed by atoms with E-state index in [1.165, 1.54) is 0 Å². The Hall–Kier alpha value is -5.03. The molecule has 4 fully saturated rings. The third kappa shape index (κ3) is 15.8. The summed E-state index contributed by atoms with van der Waals surface area (Å²) < 4.78 is 91.9. The molecule has 26 heteroatoms. The summed E-state index contributed by atoms with van der Waals surface area (Å²) in [5, 5.41) is 14.1. The predicted octanol–water partition coefficient (Wildman–Crippen LogP) is 1.05. The summed E-state index contributed by atoms with van der Waals surface area (Å²) >= 11 is 0. The summed E-state index contributed by atoms with van der Waals surface area (Å²) in [4.78, 5) is 44.8. The number of rotatable bonds is 13. The second kappa shape index (κ2) is 22.0. The van der Waals surface area contributed by atoms with Crippen molar-refractivity contribution in [3.63, 3.8) is 0 Å². The van der Waals surface area contributed by atoms with Crippen LogP contribution in [-0.4, -0.2) is 126 Å². The monoisotopic (exact) mass is 959 g/mol. The fourth-order valence-electron chi connectivity index (χ4n) is 7.25. The van der Waals surface area contributed by atoms with E-state index >= 15 is 0 Å². The summed E-state index contributed by atoms with van der Waals surface area (Å²) in [6.07, 6.45) is -1.22. The number of ether oxygens (including phenoxy) is 7. The number of hydrogen-bond acceptors (Lipinski definition) is 18. The lowest BCUT2D eigenvalue weighted by Gasteiger charge is -2.40. The van der Waals surface area contributed by atoms with Crippen molar-refractivity contribution in [1.82, 2.24) is 10.1 Å². The van der Waals surface area contributed by atoms with E-state index in [0.29, 0.717) is 36.0 Å². The molecule has 0 saturated carbocycles. The zero-order chi connectivity index (χ0) is 48.4. The van der Waals surface area contributed by atoms with Crippen molar-refractivity contribution in [1.29, 1.82) is 0 Å². The first-order valence-electron chi connectivity index (χ1n) is 20.1. The Labute approximate surface area is 375 Å². The van der Waals surface area contributed by atoms with Crippen LogP contribution in [0.25, 0.3) is 11.0 Å². The molecule has 5 atom stereocenters. The van der Waals surface area contributed by atoms with E-state index in [4.69, 9.17) is 69.3 Å². The van der Waals surface area contributed by atoms with Gasteiger partial charge in [0.05, 0.1) is 12.5 Å². The number of carbonyl (C=O) groups excluding carboxylic acids is 4. The number of primary sulfonamides is 1. The van der Waals surface area contributed by atoms with Gasteiger partial charge in [-0.25, -0.2) is 28.3 Å². The molecule has 4 aliphatic heterocycles. The maximum Gasteiger partial charge on any atom is 0.404 e. The zero-order valence-corrected chi connectivity index (χ0v) is 38.1. The Morgan fingerprint density at radius 1 is 0.877 bits per heavy atom. The summed E-state index contributed by atoms with van der Waals surface area (Å²) in [5.41, 5.74) is 16.7. The number of likely N-dealkylation sites (tertiary alicyclic amines) is 1. The molecule has 0 spiro atoms. The molecule has 24 nitrogen and oxygen atoms in total. The van der Waals surface area contributed by atoms with Crippen molar-refractivity contribution >= 4 is 55.3 Å². The molecule has 4 aliphatic rings. The van der Waals surface area contributed by atoms with Crippen LogP contribution in [0.15, 0.2) is 59.1 Å². The number of sulfonamides is 1. The molecule has 0 bridgehead atoms. The molecular formula is C39H57N7O17S2. The number of benzene rings is 2. The zero-order valence-electron chi connectivity index (χ0n) is 36.5. The molecule has 2 aromatic carbocycles. The van der Waals surface area contributed by atoms with E-state index in [0.717, 1.165) is 12.0 Å². The van der Waals surface area contributed by atoms with Gasteiger partial charge in [-0.3, -0.25) is 13.8 Å². The highest BCUT2D eigenvalue weighted by molar-refractivity contribution is 7.88. The van der Waals surface area contributed by atoms with E-state index in [-0.39, 0.29) is 49.5 Å². The molecule has 3 aromatic rings. The Bertz CT molecular complexity index is 2310. The fraction of sp³-hybridized carbons (Fsp3) is 0.564. The second-order valence-electron chi connectivity index (χ2n) is 15.9. The highest BCUT2D eigenvalue weighted by Crippen LogP contribution is 2.47. The average molecular weight is 960 g/mol. The molecule has 1 aromatic heterocycles. The van der Waals surface area contributed by atoms with Gasteiger partial charge in [0.2, 0.25) is 27.6 Å². The number of primary amides is 3. The van der Waals surface area contributed by atoms with Gasteiger partial charge in [-0.05, 0) is 58.2 Å². The third-order valence-corrected chi connectivity index (χ3v) is 10.9. The Kier molecular flexibility index (Phi) is 17.8. The van der Waals surface area contributed by atoms with Crippen LogP contribution in [0.1, 0.15) is 71.1 Å². The molecular weight excluding hydrogens is 903 g/mol. The topological polar surface area (TPSA) is 370 Å². The number of nitrogens with zero attached hydrogens (tertiary/aromatic N) is 2. The summed E-state index contributed by atoms with van der Waals surface area (Å²) in [5.74, 6) is -4.11. The normalized spacial score (nSPS) is 23.4. The van der Waals surface area contributed by atoms with Crippen molar-refractivity contribution in [2.45, 2.75) is 107 Å². The number of fused-ring (bicyclic) bond motifs is 4. The van der Waals surface area contributed by atoms with Gasteiger partial charge >= 0.3 is 22.5 Å². The first-order chi connectivity index (χ1) is 30.2. The number of hydrogen-bond donors (Lipinski definition) is 5. The largest absolute Gasteiger partial charge is 0.449 e. The summed E-state index contributed by atoms with van der Waals surface area (Å²) in [6, 6.07) is 15.8. The quantitative estimate of drug-likeness (QED) is 0.160. The van der Waals surface area contributed by atoms with Crippen LogP contribution in [-0.2, 0) is 73.0 Å². The standard InChI is InChI=1S/C12H21NO8S.C11H14N2O4.C8H8N2O3S.C8H14N2O2/c1-10(2)18-7-5-16-12(6-17-22(13,14)15)9(8(7)19-10)20-11(3,4)21-12;12-10(14)16-6-9(7-17-11(13)15)8-4-2-1-3-5-8;9-14(11,12)5-7-6-3-1-2-4-8(6)13-10-7;1-2-6(8(9)12)10-5-3-4-7(10)11/h7-9H,5-6H2,1-4H3,(H2,13,14,15);1-5,9H,6-7H2,(H2,12,14)(H2,13,15);1-4H,5H2,(H2,9,11,12);6H,2-5H2,1H3,(H2,9,12)/t7-,8-,9+,12+;;;6-/m1..0/s1. The van der Waals surface area contributed by atoms with Crippen molar-refractivity contribution in [2.24, 2.45) is 27.5 Å². The van der Waals surface area contributed by atoms with E-state index in [9.17, 15) is 36.0 Å². The smallest absolute Gasteiger partial charge is 0.404 e. The van der Waals surface area contributed by atoms with Gasteiger partial charge in [0, 0.05) is 18.4 Å².